The third-order valence-electron chi connectivity index (χ3n) is 6.51. The van der Waals surface area contributed by atoms with Gasteiger partial charge in [0.25, 0.3) is 0 Å². The van der Waals surface area contributed by atoms with Crippen molar-refractivity contribution in [1.29, 1.82) is 0 Å². The number of carbonyl (C=O) groups is 5. The average molecular weight is 632 g/mol. The number of hydrogen-bond acceptors (Lipinski definition) is 10. The van der Waals surface area contributed by atoms with E-state index in [0.29, 0.717) is 31.7 Å². The van der Waals surface area contributed by atoms with Crippen molar-refractivity contribution in [2.45, 2.75) is 86.0 Å². The van der Waals surface area contributed by atoms with Gasteiger partial charge in [-0.1, -0.05) is 30.3 Å². The first-order valence-corrected chi connectivity index (χ1v) is 15.4. The van der Waals surface area contributed by atoms with Gasteiger partial charge in [-0.3, -0.25) is 9.59 Å². The number of piperidine rings is 1. The topological polar surface area (TPSA) is 141 Å². The molecule has 1 fully saturated rings. The Bertz CT molecular complexity index is 1220. The van der Waals surface area contributed by atoms with E-state index in [1.165, 1.54) is 4.90 Å². The maximum atomic E-state index is 12.4. The second-order valence-electron chi connectivity index (χ2n) is 12.6. The molecule has 250 valence electrons. The molecule has 12 nitrogen and oxygen atoms in total. The summed E-state index contributed by atoms with van der Waals surface area (Å²) in [5.41, 5.74) is 1.26. The van der Waals surface area contributed by atoms with Gasteiger partial charge in [-0.05, 0) is 61.0 Å². The van der Waals surface area contributed by atoms with Gasteiger partial charge in [-0.25, -0.2) is 14.4 Å². The highest BCUT2D eigenvalue weighted by atomic mass is 16.6. The molecule has 2 heterocycles. The Labute approximate surface area is 266 Å². The van der Waals surface area contributed by atoms with Gasteiger partial charge in [0, 0.05) is 44.7 Å². The molecule has 2 aliphatic heterocycles. The van der Waals surface area contributed by atoms with Crippen LogP contribution in [0.25, 0.3) is 0 Å². The van der Waals surface area contributed by atoms with Crippen LogP contribution in [0.3, 0.4) is 0 Å². The summed E-state index contributed by atoms with van der Waals surface area (Å²) in [6.07, 6.45) is -0.209. The van der Waals surface area contributed by atoms with E-state index in [2.05, 4.69) is 5.32 Å². The number of ketones is 1. The normalized spacial score (nSPS) is 17.1. The quantitative estimate of drug-likeness (QED) is 0.258. The highest BCUT2D eigenvalue weighted by Crippen LogP contribution is 2.21. The summed E-state index contributed by atoms with van der Waals surface area (Å²) < 4.78 is 20.7. The molecule has 0 saturated carbocycles. The highest BCUT2D eigenvalue weighted by molar-refractivity contribution is 6.00. The van der Waals surface area contributed by atoms with E-state index in [0.717, 1.165) is 11.3 Å². The Balaban J connectivity index is 0.000000330. The van der Waals surface area contributed by atoms with E-state index in [1.807, 2.05) is 51.1 Å². The maximum Gasteiger partial charge on any atom is 0.410 e. The molecule has 2 amide bonds. The zero-order chi connectivity index (χ0) is 33.8. The minimum Gasteiger partial charge on any atom is -0.465 e. The zero-order valence-electron chi connectivity index (χ0n) is 27.9. The molecule has 2 aliphatic rings. The van der Waals surface area contributed by atoms with E-state index >= 15 is 0 Å². The number of esters is 2. The molecular formula is C33H49N3O9. The number of rotatable bonds is 7. The number of amides is 2. The van der Waals surface area contributed by atoms with Gasteiger partial charge in [0.2, 0.25) is 0 Å². The molecule has 12 heteroatoms. The molecule has 0 radical (unpaired) electrons. The molecule has 1 atom stereocenters. The van der Waals surface area contributed by atoms with Crippen LogP contribution in [-0.2, 0) is 39.9 Å². The first-order valence-electron chi connectivity index (χ1n) is 15.4. The summed E-state index contributed by atoms with van der Waals surface area (Å²) in [5.74, 6) is -2.03. The van der Waals surface area contributed by atoms with Gasteiger partial charge >= 0.3 is 24.1 Å². The zero-order valence-corrected chi connectivity index (χ0v) is 27.9. The highest BCUT2D eigenvalue weighted by Gasteiger charge is 2.37. The second-order valence-corrected chi connectivity index (χ2v) is 12.6. The van der Waals surface area contributed by atoms with Gasteiger partial charge in [-0.2, -0.15) is 0 Å². The van der Waals surface area contributed by atoms with E-state index in [1.54, 1.807) is 39.5 Å². The standard InChI is InChI=1S/C20H28N2O4.C13H21NO5/c1-5-25-18(23)16-14-22(19(24)26-20(2,3)4)12-11-17(16)21-13-15-9-7-6-8-10-15;1-5-18-11(16)9-8-14(7-6-10(9)15)12(17)19-13(2,3)4/h6-10,21H,5,11-14H2,1-4H3;9H,5-8H2,1-4H3. The van der Waals surface area contributed by atoms with E-state index in [-0.39, 0.29) is 38.4 Å². The van der Waals surface area contributed by atoms with Crippen LogP contribution in [-0.4, -0.2) is 90.3 Å². The van der Waals surface area contributed by atoms with Crippen molar-refractivity contribution < 1.29 is 42.9 Å². The summed E-state index contributed by atoms with van der Waals surface area (Å²) in [6.45, 7) is 16.3. The largest absolute Gasteiger partial charge is 0.465 e. The third kappa shape index (κ3) is 12.8. The predicted octanol–water partition coefficient (Wildman–Crippen LogP) is 4.61. The minimum atomic E-state index is -0.888. The fourth-order valence-electron chi connectivity index (χ4n) is 4.42. The van der Waals surface area contributed by atoms with Crippen LogP contribution in [0.1, 0.15) is 73.8 Å². The molecular weight excluding hydrogens is 582 g/mol. The van der Waals surface area contributed by atoms with Crippen LogP contribution in [0, 0.1) is 5.92 Å². The molecule has 3 rings (SSSR count). The Morgan fingerprint density at radius 2 is 1.38 bits per heavy atom. The van der Waals surface area contributed by atoms with Crippen LogP contribution in [0.2, 0.25) is 0 Å². The van der Waals surface area contributed by atoms with Gasteiger partial charge < -0.3 is 34.1 Å². The Morgan fingerprint density at radius 3 is 1.93 bits per heavy atom. The summed E-state index contributed by atoms with van der Waals surface area (Å²) in [4.78, 5) is 62.8. The Kier molecular flexibility index (Phi) is 13.9. The van der Waals surface area contributed by atoms with Gasteiger partial charge in [0.1, 0.15) is 17.1 Å². The summed E-state index contributed by atoms with van der Waals surface area (Å²) in [7, 11) is 0. The number of likely N-dealkylation sites (tertiary alicyclic amines) is 1. The fraction of sp³-hybridized carbons (Fsp3) is 0.606. The molecule has 0 aromatic heterocycles. The fourth-order valence-corrected chi connectivity index (χ4v) is 4.42. The van der Waals surface area contributed by atoms with E-state index in [4.69, 9.17) is 18.9 Å². The molecule has 1 unspecified atom stereocenters. The number of hydrogen-bond donors (Lipinski definition) is 1. The summed E-state index contributed by atoms with van der Waals surface area (Å²) >= 11 is 0. The van der Waals surface area contributed by atoms with Crippen molar-refractivity contribution in [3.05, 3.63) is 47.2 Å². The van der Waals surface area contributed by atoms with Crippen molar-refractivity contribution in [2.75, 3.05) is 39.4 Å². The number of ether oxygens (including phenoxy) is 4. The lowest BCUT2D eigenvalue weighted by Crippen LogP contribution is -2.48. The van der Waals surface area contributed by atoms with Gasteiger partial charge in [-0.15, -0.1) is 0 Å². The SMILES string of the molecule is CCOC(=O)C1=C(NCc2ccccc2)CCN(C(=O)OC(C)(C)C)C1.CCOC(=O)C1CN(C(=O)OC(C)(C)C)CCC1=O. The number of Topliss-reactive ketones (excluding diaryl/α,β-unsaturated/α-hetero) is 1. The van der Waals surface area contributed by atoms with Crippen molar-refractivity contribution >= 4 is 29.9 Å². The smallest absolute Gasteiger partial charge is 0.410 e. The number of nitrogens with one attached hydrogen (secondary N) is 1. The number of carbonyl (C=O) groups excluding carboxylic acids is 5. The molecule has 1 saturated heterocycles. The molecule has 0 aliphatic carbocycles. The van der Waals surface area contributed by atoms with Gasteiger partial charge in [0.05, 0.1) is 25.3 Å². The van der Waals surface area contributed by atoms with E-state index < -0.39 is 41.2 Å². The third-order valence-corrected chi connectivity index (χ3v) is 6.51. The van der Waals surface area contributed by atoms with Crippen molar-refractivity contribution in [2.24, 2.45) is 5.92 Å². The molecule has 1 aromatic rings. The monoisotopic (exact) mass is 631 g/mol. The molecule has 0 spiro atoms. The Hall–Kier alpha value is -4.09. The average Bonchev–Trinajstić information content (AvgIpc) is 2.95. The number of nitrogens with zero attached hydrogens (tertiary/aromatic N) is 2. The number of benzene rings is 1. The van der Waals surface area contributed by atoms with Crippen molar-refractivity contribution in [1.82, 2.24) is 15.1 Å². The summed E-state index contributed by atoms with van der Waals surface area (Å²) in [5, 5.41) is 3.34. The van der Waals surface area contributed by atoms with Gasteiger partial charge in [0.15, 0.2) is 5.78 Å². The molecule has 45 heavy (non-hydrogen) atoms. The lowest BCUT2D eigenvalue weighted by Gasteiger charge is -2.32. The van der Waals surface area contributed by atoms with Crippen molar-refractivity contribution in [3.8, 4) is 0 Å². The van der Waals surface area contributed by atoms with Crippen LogP contribution >= 0.6 is 0 Å². The lowest BCUT2D eigenvalue weighted by molar-refractivity contribution is -0.153. The predicted molar refractivity (Wildman–Crippen MR) is 167 cm³/mol. The lowest BCUT2D eigenvalue weighted by atomic mass is 9.97. The maximum absolute atomic E-state index is 12.4. The first kappa shape index (κ1) is 37.1. The molecule has 1 N–H and O–H groups in total. The van der Waals surface area contributed by atoms with Crippen LogP contribution in [0.5, 0.6) is 0 Å². The second kappa shape index (κ2) is 16.8. The van der Waals surface area contributed by atoms with Crippen molar-refractivity contribution in [3.63, 3.8) is 0 Å². The van der Waals surface area contributed by atoms with Crippen LogP contribution in [0.15, 0.2) is 41.6 Å². The first-order chi connectivity index (χ1) is 21.0. The molecule has 0 bridgehead atoms. The minimum absolute atomic E-state index is 0.0343. The molecule has 1 aromatic carbocycles. The van der Waals surface area contributed by atoms with Crippen LogP contribution in [0.4, 0.5) is 9.59 Å². The summed E-state index contributed by atoms with van der Waals surface area (Å²) in [6, 6.07) is 9.96. The Morgan fingerprint density at radius 1 is 0.822 bits per heavy atom. The van der Waals surface area contributed by atoms with E-state index in [9.17, 15) is 24.0 Å². The van der Waals surface area contributed by atoms with Crippen LogP contribution < -0.4 is 5.32 Å².